The Labute approximate surface area is 171 Å². The molecule has 2 atom stereocenters. The summed E-state index contributed by atoms with van der Waals surface area (Å²) in [5, 5.41) is 15.1. The zero-order chi connectivity index (χ0) is 21.0. The van der Waals surface area contributed by atoms with Crippen LogP contribution in [-0.2, 0) is 13.0 Å². The number of nitrogens with zero attached hydrogens (tertiary/aromatic N) is 2. The lowest BCUT2D eigenvalue weighted by Gasteiger charge is -2.42. The van der Waals surface area contributed by atoms with E-state index in [9.17, 15) is 19.1 Å². The highest BCUT2D eigenvalue weighted by molar-refractivity contribution is 5.76. The van der Waals surface area contributed by atoms with Crippen molar-refractivity contribution in [3.63, 3.8) is 0 Å². The predicted molar refractivity (Wildman–Crippen MR) is 108 cm³/mol. The molecule has 2 fully saturated rings. The van der Waals surface area contributed by atoms with E-state index in [0.29, 0.717) is 25.1 Å². The Balaban J connectivity index is 1.68. The molecular formula is C21H31FN4O3. The van der Waals surface area contributed by atoms with Gasteiger partial charge in [-0.2, -0.15) is 0 Å². The van der Waals surface area contributed by atoms with Gasteiger partial charge in [-0.15, -0.1) is 0 Å². The SMILES string of the molecule is CCc1ccc(CNC(=O)N(C2CC2)[C@@H]2C[C@H](CO)CN(C(=O)NC)C2)c(F)c1. The van der Waals surface area contributed by atoms with Crippen LogP contribution < -0.4 is 10.6 Å². The van der Waals surface area contributed by atoms with E-state index in [1.54, 1.807) is 22.9 Å². The summed E-state index contributed by atoms with van der Waals surface area (Å²) in [7, 11) is 1.57. The molecule has 1 aromatic carbocycles. The number of likely N-dealkylation sites (tertiary alicyclic amines) is 1. The summed E-state index contributed by atoms with van der Waals surface area (Å²) in [6.07, 6.45) is 3.25. The van der Waals surface area contributed by atoms with E-state index in [4.69, 9.17) is 0 Å². The number of aryl methyl sites for hydroxylation is 1. The van der Waals surface area contributed by atoms with Crippen LogP contribution in [0.3, 0.4) is 0 Å². The third-order valence-corrected chi connectivity index (χ3v) is 5.80. The smallest absolute Gasteiger partial charge is 0.318 e. The van der Waals surface area contributed by atoms with Gasteiger partial charge in [0, 0.05) is 50.8 Å². The highest BCUT2D eigenvalue weighted by Gasteiger charge is 2.41. The van der Waals surface area contributed by atoms with E-state index in [1.807, 2.05) is 13.0 Å². The summed E-state index contributed by atoms with van der Waals surface area (Å²) >= 11 is 0. The molecule has 3 rings (SSSR count). The van der Waals surface area contributed by atoms with Crippen LogP contribution in [0.25, 0.3) is 0 Å². The maximum Gasteiger partial charge on any atom is 0.318 e. The van der Waals surface area contributed by atoms with Gasteiger partial charge in [-0.3, -0.25) is 0 Å². The number of amides is 4. The van der Waals surface area contributed by atoms with Crippen molar-refractivity contribution in [3.8, 4) is 0 Å². The van der Waals surface area contributed by atoms with Crippen LogP contribution in [0.1, 0.15) is 37.3 Å². The molecule has 8 heteroatoms. The highest BCUT2D eigenvalue weighted by Crippen LogP contribution is 2.32. The van der Waals surface area contributed by atoms with Gasteiger partial charge in [-0.1, -0.05) is 19.1 Å². The molecule has 1 saturated carbocycles. The van der Waals surface area contributed by atoms with Crippen LogP contribution in [0.5, 0.6) is 0 Å². The van der Waals surface area contributed by atoms with Gasteiger partial charge in [-0.25, -0.2) is 14.0 Å². The summed E-state index contributed by atoms with van der Waals surface area (Å²) in [5.74, 6) is -0.384. The Kier molecular flexibility index (Phi) is 6.95. The first kappa shape index (κ1) is 21.4. The highest BCUT2D eigenvalue weighted by atomic mass is 19.1. The van der Waals surface area contributed by atoms with Crippen molar-refractivity contribution in [1.82, 2.24) is 20.4 Å². The fourth-order valence-electron chi connectivity index (χ4n) is 4.03. The number of nitrogens with one attached hydrogen (secondary N) is 2. The maximum absolute atomic E-state index is 14.2. The fourth-order valence-corrected chi connectivity index (χ4v) is 4.03. The minimum absolute atomic E-state index is 0.0287. The second kappa shape index (κ2) is 9.43. The first-order valence-corrected chi connectivity index (χ1v) is 10.4. The zero-order valence-electron chi connectivity index (χ0n) is 17.2. The van der Waals surface area contributed by atoms with Gasteiger partial charge in [0.1, 0.15) is 5.82 Å². The number of piperidine rings is 1. The quantitative estimate of drug-likeness (QED) is 0.676. The van der Waals surface area contributed by atoms with Crippen LogP contribution >= 0.6 is 0 Å². The molecule has 1 aliphatic heterocycles. The molecular weight excluding hydrogens is 375 g/mol. The van der Waals surface area contributed by atoms with Crippen LogP contribution in [0, 0.1) is 11.7 Å². The largest absolute Gasteiger partial charge is 0.396 e. The van der Waals surface area contributed by atoms with Crippen molar-refractivity contribution in [2.75, 3.05) is 26.7 Å². The Morgan fingerprint density at radius 3 is 2.62 bits per heavy atom. The second-order valence-electron chi connectivity index (χ2n) is 7.97. The number of hydrogen-bond acceptors (Lipinski definition) is 3. The topological polar surface area (TPSA) is 84.9 Å². The van der Waals surface area contributed by atoms with E-state index in [2.05, 4.69) is 10.6 Å². The van der Waals surface area contributed by atoms with Gasteiger partial charge in [0.2, 0.25) is 0 Å². The van der Waals surface area contributed by atoms with Crippen molar-refractivity contribution < 1.29 is 19.1 Å². The number of rotatable bonds is 6. The molecule has 1 aromatic rings. The monoisotopic (exact) mass is 406 g/mol. The standard InChI is InChI=1S/C21H31FN4O3/c1-3-14-4-5-16(19(22)9-14)10-24-21(29)26(17-6-7-17)18-8-15(13-27)11-25(12-18)20(28)23-2/h4-5,9,15,17-18,27H,3,6-8,10-13H2,1-2H3,(H,23,28)(H,24,29)/t15-,18+/m0/s1. The third kappa shape index (κ3) is 5.18. The molecule has 4 amide bonds. The minimum Gasteiger partial charge on any atom is -0.396 e. The molecule has 0 radical (unpaired) electrons. The predicted octanol–water partition coefficient (Wildman–Crippen LogP) is 2.08. The molecule has 29 heavy (non-hydrogen) atoms. The third-order valence-electron chi connectivity index (χ3n) is 5.80. The first-order valence-electron chi connectivity index (χ1n) is 10.4. The molecule has 0 spiro atoms. The van der Waals surface area contributed by atoms with Crippen molar-refractivity contribution in [2.24, 2.45) is 5.92 Å². The van der Waals surface area contributed by atoms with Crippen molar-refractivity contribution >= 4 is 12.1 Å². The number of carbonyl (C=O) groups is 2. The maximum atomic E-state index is 14.2. The lowest BCUT2D eigenvalue weighted by molar-refractivity contribution is 0.0690. The lowest BCUT2D eigenvalue weighted by atomic mass is 9.94. The Morgan fingerprint density at radius 1 is 1.28 bits per heavy atom. The number of hydrogen-bond donors (Lipinski definition) is 3. The Bertz CT molecular complexity index is 741. The number of halogens is 1. The summed E-state index contributed by atoms with van der Waals surface area (Å²) in [5.41, 5.74) is 1.37. The van der Waals surface area contributed by atoms with Gasteiger partial charge in [-0.05, 0) is 37.3 Å². The van der Waals surface area contributed by atoms with E-state index in [0.717, 1.165) is 24.8 Å². The number of aliphatic hydroxyl groups is 1. The van der Waals surface area contributed by atoms with Crippen molar-refractivity contribution in [3.05, 3.63) is 35.1 Å². The molecule has 0 bridgehead atoms. The minimum atomic E-state index is -0.313. The molecule has 160 valence electrons. The van der Waals surface area contributed by atoms with Gasteiger partial charge >= 0.3 is 12.1 Å². The number of urea groups is 2. The Morgan fingerprint density at radius 2 is 2.03 bits per heavy atom. The summed E-state index contributed by atoms with van der Waals surface area (Å²) in [4.78, 5) is 28.6. The number of benzene rings is 1. The van der Waals surface area contributed by atoms with Crippen LogP contribution in [0.4, 0.5) is 14.0 Å². The van der Waals surface area contributed by atoms with Gasteiger partial charge in [0.15, 0.2) is 0 Å². The van der Waals surface area contributed by atoms with E-state index < -0.39 is 0 Å². The average molecular weight is 407 g/mol. The molecule has 3 N–H and O–H groups in total. The van der Waals surface area contributed by atoms with Gasteiger partial charge in [0.25, 0.3) is 0 Å². The average Bonchev–Trinajstić information content (AvgIpc) is 3.57. The Hall–Kier alpha value is -2.35. The van der Waals surface area contributed by atoms with Crippen LogP contribution in [0.2, 0.25) is 0 Å². The molecule has 0 aromatic heterocycles. The normalized spacial score (nSPS) is 21.6. The molecule has 0 unspecified atom stereocenters. The fraction of sp³-hybridized carbons (Fsp3) is 0.619. The van der Waals surface area contributed by atoms with Gasteiger partial charge in [0.05, 0.1) is 6.04 Å². The van der Waals surface area contributed by atoms with Crippen LogP contribution in [0.15, 0.2) is 18.2 Å². The van der Waals surface area contributed by atoms with Crippen LogP contribution in [-0.4, -0.2) is 65.8 Å². The molecule has 1 heterocycles. The van der Waals surface area contributed by atoms with E-state index >= 15 is 0 Å². The second-order valence-corrected chi connectivity index (χ2v) is 7.97. The first-order chi connectivity index (χ1) is 14.0. The molecule has 7 nitrogen and oxygen atoms in total. The van der Waals surface area contributed by atoms with E-state index in [-0.39, 0.29) is 49.0 Å². The molecule has 1 aliphatic carbocycles. The number of carbonyl (C=O) groups excluding carboxylic acids is 2. The summed E-state index contributed by atoms with van der Waals surface area (Å²) in [6, 6.07) is 4.61. The summed E-state index contributed by atoms with van der Waals surface area (Å²) in [6.45, 7) is 2.96. The summed E-state index contributed by atoms with van der Waals surface area (Å²) < 4.78 is 14.2. The van der Waals surface area contributed by atoms with Gasteiger partial charge < -0.3 is 25.5 Å². The number of aliphatic hydroxyl groups excluding tert-OH is 1. The zero-order valence-corrected chi connectivity index (χ0v) is 17.2. The lowest BCUT2D eigenvalue weighted by Crippen LogP contribution is -2.58. The molecule has 1 saturated heterocycles. The van der Waals surface area contributed by atoms with Crippen molar-refractivity contribution in [2.45, 2.75) is 51.2 Å². The van der Waals surface area contributed by atoms with Crippen molar-refractivity contribution in [1.29, 1.82) is 0 Å². The van der Waals surface area contributed by atoms with E-state index in [1.165, 1.54) is 6.07 Å². The molecule has 2 aliphatic rings.